The number of amides is 1. The van der Waals surface area contributed by atoms with Crippen LogP contribution in [0.25, 0.3) is 0 Å². The van der Waals surface area contributed by atoms with Gasteiger partial charge in [0.05, 0.1) is 6.54 Å². The molecule has 4 aliphatic rings. The van der Waals surface area contributed by atoms with Gasteiger partial charge in [-0.3, -0.25) is 4.79 Å². The Morgan fingerprint density at radius 2 is 2.00 bits per heavy atom. The van der Waals surface area contributed by atoms with E-state index < -0.39 is 0 Å². The molecule has 4 aliphatic heterocycles. The van der Waals surface area contributed by atoms with Gasteiger partial charge in [-0.1, -0.05) is 0 Å². The van der Waals surface area contributed by atoms with Gasteiger partial charge >= 0.3 is 0 Å². The van der Waals surface area contributed by atoms with Gasteiger partial charge in [-0.15, -0.1) is 0 Å². The second-order valence-corrected chi connectivity index (χ2v) is 6.33. The third kappa shape index (κ3) is 3.18. The first-order valence-corrected chi connectivity index (χ1v) is 8.18. The lowest BCUT2D eigenvalue weighted by molar-refractivity contribution is -0.266. The van der Waals surface area contributed by atoms with Gasteiger partial charge in [-0.05, 0) is 62.2 Å². The van der Waals surface area contributed by atoms with Crippen LogP contribution in [0.1, 0.15) is 23.2 Å². The number of carbonyl (C=O) groups excluding carboxylic acids is 1. The Labute approximate surface area is 135 Å². The van der Waals surface area contributed by atoms with Crippen molar-refractivity contribution >= 4 is 5.91 Å². The van der Waals surface area contributed by atoms with Gasteiger partial charge in [0.2, 0.25) is 0 Å². The summed E-state index contributed by atoms with van der Waals surface area (Å²) in [7, 11) is 0. The molecule has 122 valence electrons. The normalized spacial score (nSPS) is 29.3. The highest BCUT2D eigenvalue weighted by Gasteiger charge is 2.34. The lowest BCUT2D eigenvalue weighted by Crippen LogP contribution is -2.57. The number of nitrogens with one attached hydrogen (secondary N) is 1. The minimum atomic E-state index is -0.00520. The molecule has 0 aliphatic carbocycles. The highest BCUT2D eigenvalue weighted by atomic mass is 16.9. The van der Waals surface area contributed by atoms with Crippen molar-refractivity contribution in [3.8, 4) is 5.75 Å². The zero-order valence-electron chi connectivity index (χ0n) is 13.0. The predicted octanol–water partition coefficient (Wildman–Crippen LogP) is 1.57. The number of hydroxylamine groups is 2. The summed E-state index contributed by atoms with van der Waals surface area (Å²) in [5, 5.41) is 4.57. The second kappa shape index (κ2) is 6.22. The number of hydrogen-bond donors (Lipinski definition) is 1. The van der Waals surface area contributed by atoms with Gasteiger partial charge in [0.1, 0.15) is 6.26 Å². The number of benzene rings is 1. The summed E-state index contributed by atoms with van der Waals surface area (Å²) in [5.74, 6) is 1.27. The molecule has 23 heavy (non-hydrogen) atoms. The third-order valence-corrected chi connectivity index (χ3v) is 4.83. The molecule has 1 aromatic carbocycles. The zero-order chi connectivity index (χ0) is 15.6. The fourth-order valence-electron chi connectivity index (χ4n) is 3.51. The molecular formula is C17H21N3O3. The molecular weight excluding hydrogens is 294 g/mol. The Hall–Kier alpha value is -2.05. The second-order valence-electron chi connectivity index (χ2n) is 6.33. The van der Waals surface area contributed by atoms with Crippen LogP contribution < -0.4 is 10.2 Å². The smallest absolute Gasteiger partial charge is 0.251 e. The maximum absolute atomic E-state index is 12.4. The van der Waals surface area contributed by atoms with Gasteiger partial charge in [-0.2, -0.15) is 0 Å². The summed E-state index contributed by atoms with van der Waals surface area (Å²) in [6, 6.07) is 7.43. The van der Waals surface area contributed by atoms with Crippen LogP contribution in [-0.2, 0) is 4.84 Å². The van der Waals surface area contributed by atoms with Crippen molar-refractivity contribution in [2.24, 2.45) is 5.92 Å². The molecule has 3 fully saturated rings. The summed E-state index contributed by atoms with van der Waals surface area (Å²) in [6.07, 6.45) is 5.83. The van der Waals surface area contributed by atoms with Crippen molar-refractivity contribution in [3.63, 3.8) is 0 Å². The molecule has 0 aromatic heterocycles. The van der Waals surface area contributed by atoms with E-state index in [2.05, 4.69) is 10.2 Å². The Bertz CT molecular complexity index is 586. The van der Waals surface area contributed by atoms with Crippen LogP contribution in [0.15, 0.2) is 36.6 Å². The molecule has 6 heteroatoms. The first-order valence-electron chi connectivity index (χ1n) is 8.18. The quantitative estimate of drug-likeness (QED) is 0.914. The molecule has 0 radical (unpaired) electrons. The lowest BCUT2D eigenvalue weighted by Gasteiger charge is -2.44. The highest BCUT2D eigenvalue weighted by molar-refractivity contribution is 5.94. The van der Waals surface area contributed by atoms with E-state index in [0.29, 0.717) is 23.8 Å². The number of nitrogens with zero attached hydrogens (tertiary/aromatic N) is 2. The highest BCUT2D eigenvalue weighted by Crippen LogP contribution is 2.27. The zero-order valence-corrected chi connectivity index (χ0v) is 13.0. The molecule has 1 N–H and O–H groups in total. The van der Waals surface area contributed by atoms with Crippen LogP contribution in [0, 0.1) is 5.92 Å². The predicted molar refractivity (Wildman–Crippen MR) is 84.4 cm³/mol. The summed E-state index contributed by atoms with van der Waals surface area (Å²) in [6.45, 7) is 3.92. The molecule has 0 spiro atoms. The summed E-state index contributed by atoms with van der Waals surface area (Å²) in [4.78, 5) is 25.5. The first-order chi connectivity index (χ1) is 11.3. The Morgan fingerprint density at radius 1 is 1.22 bits per heavy atom. The van der Waals surface area contributed by atoms with E-state index in [-0.39, 0.29) is 11.9 Å². The SMILES string of the molecule is O=C(N[C@H]1CN2CCC1CC2)c1ccc(ON2CC=CO2)cc1. The number of rotatable bonds is 4. The molecule has 2 bridgehead atoms. The van der Waals surface area contributed by atoms with Crippen molar-refractivity contribution in [2.75, 3.05) is 26.2 Å². The van der Waals surface area contributed by atoms with Gasteiger partial charge in [0, 0.05) is 23.4 Å². The Morgan fingerprint density at radius 3 is 2.61 bits per heavy atom. The van der Waals surface area contributed by atoms with Crippen LogP contribution in [0.5, 0.6) is 5.75 Å². The summed E-state index contributed by atoms with van der Waals surface area (Å²) < 4.78 is 0. The van der Waals surface area contributed by atoms with E-state index in [9.17, 15) is 4.79 Å². The van der Waals surface area contributed by atoms with Crippen molar-refractivity contribution in [3.05, 3.63) is 42.2 Å². The molecule has 0 unspecified atom stereocenters. The van der Waals surface area contributed by atoms with E-state index >= 15 is 0 Å². The van der Waals surface area contributed by atoms with E-state index in [1.807, 2.05) is 6.08 Å². The van der Waals surface area contributed by atoms with Crippen LogP contribution in [0.4, 0.5) is 0 Å². The van der Waals surface area contributed by atoms with E-state index in [1.165, 1.54) is 31.2 Å². The van der Waals surface area contributed by atoms with Crippen LogP contribution in [0.3, 0.4) is 0 Å². The van der Waals surface area contributed by atoms with Crippen LogP contribution in [-0.4, -0.2) is 48.3 Å². The summed E-state index contributed by atoms with van der Waals surface area (Å²) in [5.41, 5.74) is 0.661. The molecule has 1 atom stereocenters. The van der Waals surface area contributed by atoms with E-state index in [0.717, 1.165) is 6.54 Å². The largest absolute Gasteiger partial charge is 0.379 e. The van der Waals surface area contributed by atoms with Gasteiger partial charge in [-0.25, -0.2) is 0 Å². The molecule has 6 nitrogen and oxygen atoms in total. The number of piperidine rings is 3. The summed E-state index contributed by atoms with van der Waals surface area (Å²) >= 11 is 0. The molecule has 1 aromatic rings. The Balaban J connectivity index is 1.35. The third-order valence-electron chi connectivity index (χ3n) is 4.83. The maximum Gasteiger partial charge on any atom is 0.251 e. The number of carbonyl (C=O) groups is 1. The van der Waals surface area contributed by atoms with Crippen molar-refractivity contribution < 1.29 is 14.5 Å². The fourth-order valence-corrected chi connectivity index (χ4v) is 3.51. The molecule has 1 amide bonds. The lowest BCUT2D eigenvalue weighted by atomic mass is 9.84. The number of fused-ring (bicyclic) bond motifs is 3. The first kappa shape index (κ1) is 14.5. The van der Waals surface area contributed by atoms with E-state index in [1.54, 1.807) is 30.5 Å². The molecule has 0 saturated carbocycles. The topological polar surface area (TPSA) is 54.0 Å². The molecule has 4 heterocycles. The minimum absolute atomic E-state index is 0.00520. The monoisotopic (exact) mass is 315 g/mol. The average molecular weight is 315 g/mol. The van der Waals surface area contributed by atoms with Crippen LogP contribution in [0.2, 0.25) is 0 Å². The van der Waals surface area contributed by atoms with Gasteiger partial charge in [0.25, 0.3) is 5.91 Å². The Kier molecular flexibility index (Phi) is 3.93. The van der Waals surface area contributed by atoms with Gasteiger partial charge < -0.3 is 19.9 Å². The molecule has 3 saturated heterocycles. The van der Waals surface area contributed by atoms with Crippen LogP contribution >= 0.6 is 0 Å². The minimum Gasteiger partial charge on any atom is -0.379 e. The standard InChI is InChI=1S/C17H21N3O3/c21-17(18-16-12-19-9-6-13(16)7-10-19)14-2-4-15(5-3-14)23-20-8-1-11-22-20/h1-5,11,13,16H,6-10,12H2,(H,18,21)/t16-/m0/s1. The van der Waals surface area contributed by atoms with Crippen molar-refractivity contribution in [1.29, 1.82) is 0 Å². The van der Waals surface area contributed by atoms with Gasteiger partial charge in [0.15, 0.2) is 5.75 Å². The molecule has 5 rings (SSSR count). The van der Waals surface area contributed by atoms with Crippen molar-refractivity contribution in [2.45, 2.75) is 18.9 Å². The fraction of sp³-hybridized carbons (Fsp3) is 0.471. The maximum atomic E-state index is 12.4. The van der Waals surface area contributed by atoms with Crippen molar-refractivity contribution in [1.82, 2.24) is 15.4 Å². The average Bonchev–Trinajstić information content (AvgIpc) is 3.09. The number of hydrogen-bond acceptors (Lipinski definition) is 5. The van der Waals surface area contributed by atoms with E-state index in [4.69, 9.17) is 9.68 Å².